The van der Waals surface area contributed by atoms with Crippen LogP contribution >= 0.6 is 11.3 Å². The number of rotatable bonds is 8. The van der Waals surface area contributed by atoms with Gasteiger partial charge in [-0.2, -0.15) is 0 Å². The Hall–Kier alpha value is -5.12. The van der Waals surface area contributed by atoms with Gasteiger partial charge >= 0.3 is 0 Å². The number of anilines is 2. The molecule has 0 saturated heterocycles. The van der Waals surface area contributed by atoms with Crippen LogP contribution in [0.25, 0.3) is 21.5 Å². The minimum absolute atomic E-state index is 0.148. The van der Waals surface area contributed by atoms with Gasteiger partial charge in [-0.05, 0) is 65.7 Å². The standard InChI is InChI=1S/C33H27N5O3S/c1-37(32(41)24-10-6-3-7-11-24)25-12-13-27-26(20-25)35-33(38(27)21-28(39)22-8-4-2-5-9-22)36-31(40)30-15-14-29(42-30)23-16-18-34-19-17-23/h2-20,28,39H,21H2,1H3,(H,35,36,40)/t28-/m0/s1. The maximum atomic E-state index is 13.4. The van der Waals surface area contributed by atoms with Crippen LogP contribution in [0.3, 0.4) is 0 Å². The van der Waals surface area contributed by atoms with Gasteiger partial charge in [-0.1, -0.05) is 48.5 Å². The van der Waals surface area contributed by atoms with Gasteiger partial charge in [-0.3, -0.25) is 19.9 Å². The predicted molar refractivity (Wildman–Crippen MR) is 166 cm³/mol. The molecule has 3 aromatic heterocycles. The van der Waals surface area contributed by atoms with Crippen molar-refractivity contribution in [2.24, 2.45) is 0 Å². The Morgan fingerprint density at radius 3 is 2.38 bits per heavy atom. The molecule has 208 valence electrons. The van der Waals surface area contributed by atoms with Crippen molar-refractivity contribution < 1.29 is 14.7 Å². The molecule has 6 rings (SSSR count). The average molecular weight is 574 g/mol. The van der Waals surface area contributed by atoms with Gasteiger partial charge in [0.2, 0.25) is 5.95 Å². The second kappa shape index (κ2) is 11.8. The van der Waals surface area contributed by atoms with E-state index in [-0.39, 0.29) is 18.4 Å². The minimum Gasteiger partial charge on any atom is -0.387 e. The Bertz CT molecular complexity index is 1850. The molecular weight excluding hydrogens is 546 g/mol. The quantitative estimate of drug-likeness (QED) is 0.219. The highest BCUT2D eigenvalue weighted by Gasteiger charge is 2.21. The lowest BCUT2D eigenvalue weighted by Gasteiger charge is -2.18. The summed E-state index contributed by atoms with van der Waals surface area (Å²) in [6.07, 6.45) is 2.60. The molecule has 0 aliphatic heterocycles. The van der Waals surface area contributed by atoms with E-state index in [4.69, 9.17) is 4.98 Å². The van der Waals surface area contributed by atoms with E-state index in [2.05, 4.69) is 10.3 Å². The number of nitrogens with one attached hydrogen (secondary N) is 1. The van der Waals surface area contributed by atoms with Crippen LogP contribution in [0.5, 0.6) is 0 Å². The minimum atomic E-state index is -0.832. The van der Waals surface area contributed by atoms with Crippen molar-refractivity contribution in [2.45, 2.75) is 12.6 Å². The number of aromatic nitrogens is 3. The SMILES string of the molecule is CN(C(=O)c1ccccc1)c1ccc2c(c1)nc(NC(=O)c1ccc(-c3ccncc3)s1)n2C[C@H](O)c1ccccc1. The van der Waals surface area contributed by atoms with Gasteiger partial charge in [-0.15, -0.1) is 11.3 Å². The molecule has 2 N–H and O–H groups in total. The summed E-state index contributed by atoms with van der Waals surface area (Å²) in [6, 6.07) is 31.4. The zero-order chi connectivity index (χ0) is 29.1. The van der Waals surface area contributed by atoms with Crippen LogP contribution in [0.1, 0.15) is 31.7 Å². The Balaban J connectivity index is 1.33. The molecule has 0 unspecified atom stereocenters. The van der Waals surface area contributed by atoms with Crippen LogP contribution < -0.4 is 10.2 Å². The number of aliphatic hydroxyl groups is 1. The van der Waals surface area contributed by atoms with Crippen molar-refractivity contribution in [1.29, 1.82) is 0 Å². The number of aliphatic hydroxyl groups excluding tert-OH is 1. The fourth-order valence-corrected chi connectivity index (χ4v) is 5.65. The monoisotopic (exact) mass is 573 g/mol. The number of nitrogens with zero attached hydrogens (tertiary/aromatic N) is 4. The molecule has 2 amide bonds. The Morgan fingerprint density at radius 2 is 1.64 bits per heavy atom. The lowest BCUT2D eigenvalue weighted by Crippen LogP contribution is -2.26. The summed E-state index contributed by atoms with van der Waals surface area (Å²) in [7, 11) is 1.71. The average Bonchev–Trinajstić information content (AvgIpc) is 3.67. The third-order valence-corrected chi connectivity index (χ3v) is 8.14. The van der Waals surface area contributed by atoms with Gasteiger partial charge in [-0.25, -0.2) is 4.98 Å². The molecule has 0 bridgehead atoms. The third-order valence-electron chi connectivity index (χ3n) is 7.00. The molecule has 9 heteroatoms. The molecule has 0 aliphatic carbocycles. The summed E-state index contributed by atoms with van der Waals surface area (Å²) in [6.45, 7) is 0.168. The summed E-state index contributed by atoms with van der Waals surface area (Å²) in [5.74, 6) is -0.147. The normalized spacial score (nSPS) is 11.8. The summed E-state index contributed by atoms with van der Waals surface area (Å²) in [5, 5.41) is 14.0. The number of benzene rings is 3. The van der Waals surface area contributed by atoms with Gasteiger partial charge in [0.1, 0.15) is 0 Å². The number of thiophene rings is 1. The highest BCUT2D eigenvalue weighted by molar-refractivity contribution is 7.17. The van der Waals surface area contributed by atoms with E-state index in [0.717, 1.165) is 16.0 Å². The van der Waals surface area contributed by atoms with E-state index >= 15 is 0 Å². The van der Waals surface area contributed by atoms with Gasteiger partial charge < -0.3 is 14.6 Å². The molecule has 3 heterocycles. The molecule has 8 nitrogen and oxygen atoms in total. The molecule has 1 atom stereocenters. The van der Waals surface area contributed by atoms with Gasteiger partial charge in [0.15, 0.2) is 0 Å². The van der Waals surface area contributed by atoms with Crippen molar-refractivity contribution in [2.75, 3.05) is 17.3 Å². The predicted octanol–water partition coefficient (Wildman–Crippen LogP) is 6.42. The molecule has 0 aliphatic rings. The fraction of sp³-hybridized carbons (Fsp3) is 0.0909. The number of carbonyl (C=O) groups is 2. The van der Waals surface area contributed by atoms with Crippen LogP contribution in [0.2, 0.25) is 0 Å². The second-order valence-electron chi connectivity index (χ2n) is 9.73. The highest BCUT2D eigenvalue weighted by atomic mass is 32.1. The Labute approximate surface area is 246 Å². The van der Waals surface area contributed by atoms with Crippen molar-refractivity contribution >= 4 is 45.8 Å². The summed E-state index contributed by atoms with van der Waals surface area (Å²) in [4.78, 5) is 38.3. The first-order valence-corrected chi connectivity index (χ1v) is 14.2. The number of hydrogen-bond acceptors (Lipinski definition) is 6. The largest absolute Gasteiger partial charge is 0.387 e. The topological polar surface area (TPSA) is 100 Å². The number of hydrogen-bond donors (Lipinski definition) is 2. The van der Waals surface area contributed by atoms with E-state index in [1.807, 2.05) is 84.9 Å². The zero-order valence-corrected chi connectivity index (χ0v) is 23.5. The summed E-state index contributed by atoms with van der Waals surface area (Å²) >= 11 is 1.37. The smallest absolute Gasteiger partial charge is 0.268 e. The number of fused-ring (bicyclic) bond motifs is 1. The van der Waals surface area contributed by atoms with Crippen LogP contribution in [0, 0.1) is 0 Å². The van der Waals surface area contributed by atoms with Gasteiger partial charge in [0.05, 0.1) is 28.6 Å². The second-order valence-corrected chi connectivity index (χ2v) is 10.8. The fourth-order valence-electron chi connectivity index (χ4n) is 4.75. The van der Waals surface area contributed by atoms with Crippen LogP contribution in [0.4, 0.5) is 11.6 Å². The number of imidazole rings is 1. The van der Waals surface area contributed by atoms with E-state index in [0.29, 0.717) is 33.1 Å². The van der Waals surface area contributed by atoms with E-state index < -0.39 is 6.10 Å². The maximum Gasteiger partial charge on any atom is 0.268 e. The first kappa shape index (κ1) is 27.1. The van der Waals surface area contributed by atoms with Crippen molar-refractivity contribution in [3.05, 3.63) is 132 Å². The summed E-state index contributed by atoms with van der Waals surface area (Å²) < 4.78 is 1.80. The first-order valence-electron chi connectivity index (χ1n) is 13.4. The lowest BCUT2D eigenvalue weighted by atomic mass is 10.1. The number of pyridine rings is 1. The molecule has 0 radical (unpaired) electrons. The van der Waals surface area contributed by atoms with Crippen molar-refractivity contribution in [3.8, 4) is 10.4 Å². The molecule has 0 fully saturated rings. The van der Waals surface area contributed by atoms with E-state index in [1.165, 1.54) is 11.3 Å². The number of amides is 2. The van der Waals surface area contributed by atoms with Crippen molar-refractivity contribution in [1.82, 2.24) is 14.5 Å². The maximum absolute atomic E-state index is 13.4. The Kier molecular flexibility index (Phi) is 7.59. The molecular formula is C33H27N5O3S. The van der Waals surface area contributed by atoms with Gasteiger partial charge in [0.25, 0.3) is 11.8 Å². The molecule has 3 aromatic carbocycles. The lowest BCUT2D eigenvalue weighted by molar-refractivity contribution is 0.0991. The van der Waals surface area contributed by atoms with Crippen molar-refractivity contribution in [3.63, 3.8) is 0 Å². The van der Waals surface area contributed by atoms with Gasteiger partial charge in [0, 0.05) is 35.6 Å². The molecule has 0 saturated carbocycles. The third kappa shape index (κ3) is 5.56. The molecule has 42 heavy (non-hydrogen) atoms. The van der Waals surface area contributed by atoms with Crippen LogP contribution in [-0.2, 0) is 6.54 Å². The molecule has 6 aromatic rings. The van der Waals surface area contributed by atoms with Crippen LogP contribution in [-0.4, -0.2) is 38.5 Å². The first-order chi connectivity index (χ1) is 20.5. The Morgan fingerprint density at radius 1 is 0.929 bits per heavy atom. The summed E-state index contributed by atoms with van der Waals surface area (Å²) in [5.41, 5.74) is 4.26. The highest BCUT2D eigenvalue weighted by Crippen LogP contribution is 2.30. The zero-order valence-electron chi connectivity index (χ0n) is 22.7. The molecule has 0 spiro atoms. The van der Waals surface area contributed by atoms with Crippen LogP contribution in [0.15, 0.2) is 116 Å². The number of carbonyl (C=O) groups excluding carboxylic acids is 2. The van der Waals surface area contributed by atoms with E-state index in [1.54, 1.807) is 47.1 Å². The van der Waals surface area contributed by atoms with E-state index in [9.17, 15) is 14.7 Å².